The van der Waals surface area contributed by atoms with Crippen LogP contribution in [0.1, 0.15) is 39.0 Å². The van der Waals surface area contributed by atoms with Gasteiger partial charge in [-0.15, -0.1) is 0 Å². The fourth-order valence-corrected chi connectivity index (χ4v) is 2.73. The molecular weight excluding hydrogens is 228 g/mol. The van der Waals surface area contributed by atoms with Gasteiger partial charge in [-0.05, 0) is 45.6 Å². The van der Waals surface area contributed by atoms with E-state index >= 15 is 0 Å². The van der Waals surface area contributed by atoms with Gasteiger partial charge in [0.1, 0.15) is 0 Å². The molecule has 106 valence electrons. The van der Waals surface area contributed by atoms with Crippen molar-refractivity contribution in [3.05, 3.63) is 0 Å². The van der Waals surface area contributed by atoms with E-state index in [1.807, 2.05) is 0 Å². The summed E-state index contributed by atoms with van der Waals surface area (Å²) in [7, 11) is 1.81. The van der Waals surface area contributed by atoms with E-state index in [4.69, 9.17) is 4.74 Å². The van der Waals surface area contributed by atoms with Gasteiger partial charge in [0.05, 0.1) is 12.7 Å². The summed E-state index contributed by atoms with van der Waals surface area (Å²) in [6.45, 7) is 5.64. The maximum atomic E-state index is 9.58. The number of likely N-dealkylation sites (tertiary alicyclic amines) is 1. The molecule has 2 fully saturated rings. The van der Waals surface area contributed by atoms with Gasteiger partial charge >= 0.3 is 0 Å². The van der Waals surface area contributed by atoms with Crippen molar-refractivity contribution in [1.29, 1.82) is 0 Å². The van der Waals surface area contributed by atoms with Gasteiger partial charge in [-0.1, -0.05) is 0 Å². The summed E-state index contributed by atoms with van der Waals surface area (Å²) in [5.41, 5.74) is -0.110. The first-order valence-corrected chi connectivity index (χ1v) is 7.29. The molecule has 1 heterocycles. The Labute approximate surface area is 111 Å². The molecule has 0 radical (unpaired) electrons. The van der Waals surface area contributed by atoms with Crippen LogP contribution in [0.2, 0.25) is 0 Å². The SMILES string of the molecule is COC1CCCN(CCC(C)(CO)NC2CC2)C1. The van der Waals surface area contributed by atoms with E-state index in [9.17, 15) is 5.11 Å². The molecule has 2 atom stereocenters. The summed E-state index contributed by atoms with van der Waals surface area (Å²) in [5.74, 6) is 0. The van der Waals surface area contributed by atoms with E-state index in [0.717, 1.165) is 19.5 Å². The van der Waals surface area contributed by atoms with Gasteiger partial charge in [-0.2, -0.15) is 0 Å². The first kappa shape index (κ1) is 14.3. The molecule has 2 rings (SSSR count). The number of rotatable bonds is 7. The number of piperidine rings is 1. The predicted molar refractivity (Wildman–Crippen MR) is 72.7 cm³/mol. The first-order valence-electron chi connectivity index (χ1n) is 7.29. The van der Waals surface area contributed by atoms with Crippen molar-refractivity contribution in [2.24, 2.45) is 0 Å². The zero-order valence-electron chi connectivity index (χ0n) is 11.8. The minimum absolute atomic E-state index is 0.110. The van der Waals surface area contributed by atoms with Crippen LogP contribution in [0.3, 0.4) is 0 Å². The van der Waals surface area contributed by atoms with E-state index < -0.39 is 0 Å². The van der Waals surface area contributed by atoms with Crippen molar-refractivity contribution in [2.45, 2.75) is 56.7 Å². The normalized spacial score (nSPS) is 29.2. The zero-order valence-corrected chi connectivity index (χ0v) is 11.8. The van der Waals surface area contributed by atoms with Crippen molar-refractivity contribution >= 4 is 0 Å². The standard InChI is InChI=1S/C14H28N2O2/c1-14(11-17,15-12-5-6-12)7-9-16-8-3-4-13(10-16)18-2/h12-13,15,17H,3-11H2,1-2H3. The highest BCUT2D eigenvalue weighted by Gasteiger charge is 2.32. The summed E-state index contributed by atoms with van der Waals surface area (Å²) >= 11 is 0. The van der Waals surface area contributed by atoms with E-state index in [1.165, 1.54) is 32.2 Å². The molecule has 2 unspecified atom stereocenters. The Hall–Kier alpha value is -0.160. The number of aliphatic hydroxyl groups excluding tert-OH is 1. The highest BCUT2D eigenvalue weighted by atomic mass is 16.5. The molecule has 0 spiro atoms. The molecule has 1 aliphatic heterocycles. The average molecular weight is 256 g/mol. The molecule has 18 heavy (non-hydrogen) atoms. The second-order valence-electron chi connectivity index (χ2n) is 6.19. The third-order valence-electron chi connectivity index (χ3n) is 4.25. The molecule has 1 aliphatic carbocycles. The minimum atomic E-state index is -0.110. The molecule has 0 bridgehead atoms. The highest BCUT2D eigenvalue weighted by Crippen LogP contribution is 2.24. The van der Waals surface area contributed by atoms with E-state index in [-0.39, 0.29) is 12.1 Å². The first-order chi connectivity index (χ1) is 8.65. The fourth-order valence-electron chi connectivity index (χ4n) is 2.73. The number of hydrogen-bond donors (Lipinski definition) is 2. The third kappa shape index (κ3) is 4.19. The molecular formula is C14H28N2O2. The van der Waals surface area contributed by atoms with Crippen LogP contribution >= 0.6 is 0 Å². The Kier molecular flexibility index (Phi) is 5.01. The molecule has 0 aromatic rings. The van der Waals surface area contributed by atoms with Crippen LogP contribution < -0.4 is 5.32 Å². The smallest absolute Gasteiger partial charge is 0.0698 e. The monoisotopic (exact) mass is 256 g/mol. The number of methoxy groups -OCH3 is 1. The maximum Gasteiger partial charge on any atom is 0.0698 e. The van der Waals surface area contributed by atoms with Crippen LogP contribution in [0.4, 0.5) is 0 Å². The molecule has 0 aromatic heterocycles. The quantitative estimate of drug-likeness (QED) is 0.713. The summed E-state index contributed by atoms with van der Waals surface area (Å²) in [5, 5.41) is 13.2. The van der Waals surface area contributed by atoms with Crippen molar-refractivity contribution < 1.29 is 9.84 Å². The van der Waals surface area contributed by atoms with E-state index in [1.54, 1.807) is 7.11 Å². The number of hydrogen-bond acceptors (Lipinski definition) is 4. The molecule has 2 N–H and O–H groups in total. The molecule has 1 saturated heterocycles. The van der Waals surface area contributed by atoms with Crippen LogP contribution in [-0.2, 0) is 4.74 Å². The summed E-state index contributed by atoms with van der Waals surface area (Å²) in [6, 6.07) is 0.648. The predicted octanol–water partition coefficient (Wildman–Crippen LogP) is 0.990. The zero-order chi connectivity index (χ0) is 13.0. The Balaban J connectivity index is 1.74. The van der Waals surface area contributed by atoms with Crippen LogP contribution in [0.15, 0.2) is 0 Å². The Morgan fingerprint density at radius 2 is 2.17 bits per heavy atom. The van der Waals surface area contributed by atoms with Crippen LogP contribution in [0.25, 0.3) is 0 Å². The third-order valence-corrected chi connectivity index (χ3v) is 4.25. The van der Waals surface area contributed by atoms with Crippen molar-refractivity contribution in [2.75, 3.05) is 33.4 Å². The second kappa shape index (κ2) is 6.33. The van der Waals surface area contributed by atoms with Gasteiger partial charge in [0.2, 0.25) is 0 Å². The molecule has 0 amide bonds. The van der Waals surface area contributed by atoms with Crippen LogP contribution in [0, 0.1) is 0 Å². The average Bonchev–Trinajstić information content (AvgIpc) is 3.20. The lowest BCUT2D eigenvalue weighted by atomic mass is 9.97. The van der Waals surface area contributed by atoms with Gasteiger partial charge < -0.3 is 20.1 Å². The minimum Gasteiger partial charge on any atom is -0.394 e. The second-order valence-corrected chi connectivity index (χ2v) is 6.19. The Morgan fingerprint density at radius 1 is 1.39 bits per heavy atom. The lowest BCUT2D eigenvalue weighted by molar-refractivity contribution is 0.0263. The van der Waals surface area contributed by atoms with Crippen molar-refractivity contribution in [1.82, 2.24) is 10.2 Å². The van der Waals surface area contributed by atoms with Crippen LogP contribution in [-0.4, -0.2) is 61.0 Å². The Morgan fingerprint density at radius 3 is 2.78 bits per heavy atom. The topological polar surface area (TPSA) is 44.7 Å². The molecule has 4 heteroatoms. The van der Waals surface area contributed by atoms with Gasteiger partial charge in [0.15, 0.2) is 0 Å². The van der Waals surface area contributed by atoms with Gasteiger partial charge in [0.25, 0.3) is 0 Å². The summed E-state index contributed by atoms with van der Waals surface area (Å²) < 4.78 is 5.45. The fraction of sp³-hybridized carbons (Fsp3) is 1.00. The van der Waals surface area contributed by atoms with Gasteiger partial charge in [-0.3, -0.25) is 0 Å². The maximum absolute atomic E-state index is 9.58. The van der Waals surface area contributed by atoms with Gasteiger partial charge in [-0.25, -0.2) is 0 Å². The molecule has 1 saturated carbocycles. The summed E-state index contributed by atoms with van der Waals surface area (Å²) in [4.78, 5) is 2.47. The largest absolute Gasteiger partial charge is 0.394 e. The number of nitrogens with one attached hydrogen (secondary N) is 1. The van der Waals surface area contributed by atoms with Gasteiger partial charge in [0, 0.05) is 31.8 Å². The van der Waals surface area contributed by atoms with Crippen molar-refractivity contribution in [3.8, 4) is 0 Å². The number of ether oxygens (including phenoxy) is 1. The van der Waals surface area contributed by atoms with E-state index in [2.05, 4.69) is 17.1 Å². The lowest BCUT2D eigenvalue weighted by Gasteiger charge is -2.36. The van der Waals surface area contributed by atoms with Crippen molar-refractivity contribution in [3.63, 3.8) is 0 Å². The number of nitrogens with zero attached hydrogens (tertiary/aromatic N) is 1. The van der Waals surface area contributed by atoms with Crippen LogP contribution in [0.5, 0.6) is 0 Å². The Bertz CT molecular complexity index is 258. The summed E-state index contributed by atoms with van der Waals surface area (Å²) in [6.07, 6.45) is 6.36. The molecule has 0 aromatic carbocycles. The highest BCUT2D eigenvalue weighted by molar-refractivity contribution is 4.93. The molecule has 4 nitrogen and oxygen atoms in total. The van der Waals surface area contributed by atoms with E-state index in [0.29, 0.717) is 12.1 Å². The molecule has 2 aliphatic rings. The lowest BCUT2D eigenvalue weighted by Crippen LogP contribution is -2.50. The number of aliphatic hydroxyl groups is 1.